The van der Waals surface area contributed by atoms with Gasteiger partial charge in [-0.05, 0) is 55.7 Å². The van der Waals surface area contributed by atoms with E-state index in [1.54, 1.807) is 24.3 Å². The predicted molar refractivity (Wildman–Crippen MR) is 147 cm³/mol. The SMILES string of the molecule is COc1ccc(CN(C(=O)CN(c2cc(C(F)(F)F)ccc2Cl)S(C)(=O)=O)[C@@H](C)C(=O)NC2CCCCC2)cc1. The minimum Gasteiger partial charge on any atom is -0.497 e. The molecule has 0 radical (unpaired) electrons. The minimum atomic E-state index is -4.77. The summed E-state index contributed by atoms with van der Waals surface area (Å²) < 4.78 is 71.3. The predicted octanol–water partition coefficient (Wildman–Crippen LogP) is 5.00. The molecule has 13 heteroatoms. The number of carbonyl (C=O) groups excluding carboxylic acids is 2. The highest BCUT2D eigenvalue weighted by atomic mass is 35.5. The molecule has 1 fully saturated rings. The van der Waals surface area contributed by atoms with Crippen molar-refractivity contribution < 1.29 is 35.9 Å². The summed E-state index contributed by atoms with van der Waals surface area (Å²) in [7, 11) is -2.76. The summed E-state index contributed by atoms with van der Waals surface area (Å²) in [6, 6.07) is 7.95. The number of amides is 2. The third-order valence-corrected chi connectivity index (χ3v) is 8.30. The Labute approximate surface area is 237 Å². The standard InChI is InChI=1S/C27H33ClF3N3O5S/c1-18(26(36)32-21-7-5-4-6-8-21)33(16-19-9-12-22(39-2)13-10-19)25(35)17-34(40(3,37)38)24-15-20(27(29,30)31)11-14-23(24)28/h9-15,18,21H,4-8,16-17H2,1-3H3,(H,32,36)/t18-/m0/s1. The fourth-order valence-corrected chi connectivity index (χ4v) is 5.68. The number of hydrogen-bond acceptors (Lipinski definition) is 5. The van der Waals surface area contributed by atoms with Crippen LogP contribution in [0.2, 0.25) is 5.02 Å². The number of sulfonamides is 1. The molecule has 2 aromatic carbocycles. The summed E-state index contributed by atoms with van der Waals surface area (Å²) in [5, 5.41) is 2.69. The molecule has 0 aliphatic heterocycles. The van der Waals surface area contributed by atoms with Gasteiger partial charge in [0.1, 0.15) is 18.3 Å². The molecule has 1 N–H and O–H groups in total. The molecule has 8 nitrogen and oxygen atoms in total. The Morgan fingerprint density at radius 1 is 1.10 bits per heavy atom. The molecule has 1 aliphatic carbocycles. The van der Waals surface area contributed by atoms with Crippen LogP contribution in [0.15, 0.2) is 42.5 Å². The van der Waals surface area contributed by atoms with Crippen molar-refractivity contribution in [3.05, 3.63) is 58.6 Å². The molecule has 0 heterocycles. The maximum atomic E-state index is 13.7. The van der Waals surface area contributed by atoms with Gasteiger partial charge < -0.3 is 15.0 Å². The van der Waals surface area contributed by atoms with E-state index < -0.39 is 51.9 Å². The van der Waals surface area contributed by atoms with Crippen LogP contribution in [0.3, 0.4) is 0 Å². The first-order chi connectivity index (χ1) is 18.7. The molecule has 1 aliphatic rings. The van der Waals surface area contributed by atoms with E-state index in [4.69, 9.17) is 16.3 Å². The summed E-state index contributed by atoms with van der Waals surface area (Å²) in [6.07, 6.45) is 0.692. The van der Waals surface area contributed by atoms with E-state index in [0.717, 1.165) is 50.5 Å². The molecule has 0 unspecified atom stereocenters. The first-order valence-corrected chi connectivity index (χ1v) is 15.0. The Bertz CT molecular complexity index is 1300. The van der Waals surface area contributed by atoms with Gasteiger partial charge in [-0.3, -0.25) is 13.9 Å². The Morgan fingerprint density at radius 3 is 2.27 bits per heavy atom. The average molecular weight is 604 g/mol. The van der Waals surface area contributed by atoms with Gasteiger partial charge in [-0.1, -0.05) is 43.0 Å². The van der Waals surface area contributed by atoms with Crippen molar-refractivity contribution >= 4 is 39.1 Å². The molecule has 2 aromatic rings. The Morgan fingerprint density at radius 2 is 1.73 bits per heavy atom. The lowest BCUT2D eigenvalue weighted by Gasteiger charge is -2.33. The van der Waals surface area contributed by atoms with Crippen molar-refractivity contribution in [1.82, 2.24) is 10.2 Å². The molecule has 2 amide bonds. The zero-order chi connectivity index (χ0) is 29.7. The Kier molecular flexibility index (Phi) is 10.3. The van der Waals surface area contributed by atoms with Gasteiger partial charge in [0.05, 0.1) is 29.6 Å². The number of carbonyl (C=O) groups is 2. The number of nitrogens with zero attached hydrogens (tertiary/aromatic N) is 2. The normalized spacial score (nSPS) is 15.3. The molecule has 0 aromatic heterocycles. The van der Waals surface area contributed by atoms with E-state index in [0.29, 0.717) is 21.7 Å². The summed E-state index contributed by atoms with van der Waals surface area (Å²) in [6.45, 7) is 0.606. The molecule has 0 bridgehead atoms. The molecule has 1 saturated carbocycles. The Hall–Kier alpha value is -2.99. The van der Waals surface area contributed by atoms with Crippen LogP contribution in [0.4, 0.5) is 18.9 Å². The van der Waals surface area contributed by atoms with Crippen LogP contribution in [0.5, 0.6) is 5.75 Å². The van der Waals surface area contributed by atoms with E-state index in [1.807, 2.05) is 0 Å². The number of alkyl halides is 3. The van der Waals surface area contributed by atoms with Crippen LogP contribution in [-0.4, -0.2) is 57.1 Å². The van der Waals surface area contributed by atoms with Crippen LogP contribution in [0.25, 0.3) is 0 Å². The maximum Gasteiger partial charge on any atom is 0.416 e. The minimum absolute atomic E-state index is 0.0296. The number of hydrogen-bond donors (Lipinski definition) is 1. The zero-order valence-electron chi connectivity index (χ0n) is 22.5. The number of nitrogens with one attached hydrogen (secondary N) is 1. The van der Waals surface area contributed by atoms with Gasteiger partial charge in [0.25, 0.3) is 0 Å². The number of rotatable bonds is 10. The fourth-order valence-electron chi connectivity index (χ4n) is 4.55. The van der Waals surface area contributed by atoms with Gasteiger partial charge in [0.2, 0.25) is 21.8 Å². The van der Waals surface area contributed by atoms with E-state index >= 15 is 0 Å². The van der Waals surface area contributed by atoms with Crippen molar-refractivity contribution in [2.24, 2.45) is 0 Å². The molecule has 3 rings (SSSR count). The summed E-state index contributed by atoms with van der Waals surface area (Å²) in [5.74, 6) is -0.620. The van der Waals surface area contributed by atoms with Gasteiger partial charge in [-0.2, -0.15) is 13.2 Å². The third-order valence-electron chi connectivity index (χ3n) is 6.85. The van der Waals surface area contributed by atoms with Gasteiger partial charge in [-0.15, -0.1) is 0 Å². The van der Waals surface area contributed by atoms with Crippen molar-refractivity contribution in [2.45, 2.75) is 63.8 Å². The monoisotopic (exact) mass is 603 g/mol. The first kappa shape index (κ1) is 31.5. The average Bonchev–Trinajstić information content (AvgIpc) is 2.90. The number of ether oxygens (including phenoxy) is 1. The lowest BCUT2D eigenvalue weighted by Crippen LogP contribution is -2.53. The van der Waals surface area contributed by atoms with Crippen LogP contribution in [0.1, 0.15) is 50.2 Å². The summed E-state index contributed by atoms with van der Waals surface area (Å²) in [4.78, 5) is 28.1. The van der Waals surface area contributed by atoms with E-state index in [9.17, 15) is 31.2 Å². The molecular weight excluding hydrogens is 571 g/mol. The Balaban J connectivity index is 1.94. The highest BCUT2D eigenvalue weighted by molar-refractivity contribution is 7.92. The van der Waals surface area contributed by atoms with Gasteiger partial charge in [-0.25, -0.2) is 8.42 Å². The molecule has 40 heavy (non-hydrogen) atoms. The number of methoxy groups -OCH3 is 1. The van der Waals surface area contributed by atoms with Crippen molar-refractivity contribution in [3.63, 3.8) is 0 Å². The first-order valence-electron chi connectivity index (χ1n) is 12.8. The van der Waals surface area contributed by atoms with Crippen molar-refractivity contribution in [2.75, 3.05) is 24.2 Å². The maximum absolute atomic E-state index is 13.7. The lowest BCUT2D eigenvalue weighted by molar-refractivity contribution is -0.139. The largest absolute Gasteiger partial charge is 0.497 e. The second kappa shape index (κ2) is 13.1. The second-order valence-corrected chi connectivity index (χ2v) is 12.1. The zero-order valence-corrected chi connectivity index (χ0v) is 24.1. The van der Waals surface area contributed by atoms with E-state index in [2.05, 4.69) is 5.32 Å². The van der Waals surface area contributed by atoms with Crippen LogP contribution in [-0.2, 0) is 32.3 Å². The number of halogens is 4. The quantitative estimate of drug-likeness (QED) is 0.412. The lowest BCUT2D eigenvalue weighted by atomic mass is 9.95. The highest BCUT2D eigenvalue weighted by Gasteiger charge is 2.35. The third kappa shape index (κ3) is 8.26. The molecule has 220 valence electrons. The smallest absolute Gasteiger partial charge is 0.416 e. The molecule has 0 spiro atoms. The van der Waals surface area contributed by atoms with Gasteiger partial charge in [0, 0.05) is 12.6 Å². The van der Waals surface area contributed by atoms with Gasteiger partial charge in [0.15, 0.2) is 0 Å². The van der Waals surface area contributed by atoms with Gasteiger partial charge >= 0.3 is 6.18 Å². The van der Waals surface area contributed by atoms with Crippen LogP contribution < -0.4 is 14.4 Å². The van der Waals surface area contributed by atoms with Crippen molar-refractivity contribution in [3.8, 4) is 5.75 Å². The van der Waals surface area contributed by atoms with E-state index in [1.165, 1.54) is 18.9 Å². The summed E-state index contributed by atoms with van der Waals surface area (Å²) >= 11 is 6.12. The molecular formula is C27H33ClF3N3O5S. The molecule has 1 atom stereocenters. The topological polar surface area (TPSA) is 96.0 Å². The van der Waals surface area contributed by atoms with Crippen molar-refractivity contribution in [1.29, 1.82) is 0 Å². The van der Waals surface area contributed by atoms with Crippen LogP contribution in [0, 0.1) is 0 Å². The second-order valence-electron chi connectivity index (χ2n) is 9.82. The number of anilines is 1. The summed E-state index contributed by atoms with van der Waals surface area (Å²) in [5.41, 5.74) is -0.978. The molecule has 0 saturated heterocycles. The highest BCUT2D eigenvalue weighted by Crippen LogP contribution is 2.36. The van der Waals surface area contributed by atoms with Crippen LogP contribution >= 0.6 is 11.6 Å². The number of benzene rings is 2. The van der Waals surface area contributed by atoms with E-state index in [-0.39, 0.29) is 17.6 Å². The fraction of sp³-hybridized carbons (Fsp3) is 0.481.